The summed E-state index contributed by atoms with van der Waals surface area (Å²) in [6.45, 7) is 0.752. The van der Waals surface area contributed by atoms with Gasteiger partial charge in [-0.15, -0.1) is 0 Å². The van der Waals surface area contributed by atoms with Crippen LogP contribution in [0.25, 0.3) is 0 Å². The molecule has 0 atom stereocenters. The van der Waals surface area contributed by atoms with Gasteiger partial charge >= 0.3 is 0 Å². The molecule has 0 unspecified atom stereocenters. The van der Waals surface area contributed by atoms with Crippen molar-refractivity contribution >= 4 is 27.6 Å². The molecule has 0 saturated carbocycles. The van der Waals surface area contributed by atoms with Crippen LogP contribution in [-0.2, 0) is 6.54 Å². The Morgan fingerprint density at radius 3 is 2.58 bits per heavy atom. The molecule has 5 heteroatoms. The minimum atomic E-state index is -0.0149. The maximum atomic E-state index is 7.41. The van der Waals surface area contributed by atoms with Gasteiger partial charge in [-0.25, -0.2) is 4.98 Å². The number of nitrogens with one attached hydrogen (secondary N) is 1. The number of nitrogens with two attached hydrogens (primary N) is 1. The largest absolute Gasteiger partial charge is 0.382 e. The molecule has 1 aromatic carbocycles. The van der Waals surface area contributed by atoms with Gasteiger partial charge in [-0.05, 0) is 29.8 Å². The van der Waals surface area contributed by atoms with E-state index in [0.29, 0.717) is 5.69 Å². The molecule has 0 saturated heterocycles. The normalized spacial score (nSPS) is 10.2. The first-order valence-electron chi connectivity index (χ1n) is 5.83. The van der Waals surface area contributed by atoms with Gasteiger partial charge in [0.1, 0.15) is 17.3 Å². The van der Waals surface area contributed by atoms with E-state index >= 15 is 0 Å². The lowest BCUT2D eigenvalue weighted by molar-refractivity contribution is 0.896. The van der Waals surface area contributed by atoms with E-state index < -0.39 is 0 Å². The van der Waals surface area contributed by atoms with Crippen molar-refractivity contribution in [3.05, 3.63) is 58.2 Å². The molecule has 0 aliphatic carbocycles. The molecule has 4 nitrogen and oxygen atoms in total. The fourth-order valence-electron chi connectivity index (χ4n) is 1.73. The molecular weight excluding hydrogens is 304 g/mol. The Balaban J connectivity index is 2.15. The van der Waals surface area contributed by atoms with E-state index in [9.17, 15) is 0 Å². The monoisotopic (exact) mass is 318 g/mol. The van der Waals surface area contributed by atoms with Crippen molar-refractivity contribution in [3.8, 4) is 0 Å². The summed E-state index contributed by atoms with van der Waals surface area (Å²) in [6, 6.07) is 13.7. The summed E-state index contributed by atoms with van der Waals surface area (Å²) in [6.07, 6.45) is 0. The lowest BCUT2D eigenvalue weighted by atomic mass is 10.2. The van der Waals surface area contributed by atoms with Crippen molar-refractivity contribution in [1.82, 2.24) is 4.98 Å². The van der Waals surface area contributed by atoms with Gasteiger partial charge in [0.05, 0.1) is 0 Å². The number of pyridine rings is 1. The molecule has 1 heterocycles. The van der Waals surface area contributed by atoms with Crippen LogP contribution in [-0.4, -0.2) is 17.9 Å². The lowest BCUT2D eigenvalue weighted by Gasteiger charge is -2.18. The van der Waals surface area contributed by atoms with E-state index in [0.717, 1.165) is 16.8 Å². The number of hydrogen-bond donors (Lipinski definition) is 2. The number of nitrogens with zero attached hydrogens (tertiary/aromatic N) is 2. The number of hydrogen-bond acceptors (Lipinski definition) is 3. The Bertz CT molecular complexity index is 580. The Hall–Kier alpha value is -1.88. The molecule has 2 rings (SSSR count). The SMILES string of the molecule is CN(Cc1ccc(Br)cc1)c1cccc(C(=N)N)n1. The van der Waals surface area contributed by atoms with E-state index in [1.807, 2.05) is 36.2 Å². The highest BCUT2D eigenvalue weighted by atomic mass is 79.9. The first-order chi connectivity index (χ1) is 9.06. The van der Waals surface area contributed by atoms with E-state index in [4.69, 9.17) is 11.1 Å². The molecule has 0 aliphatic heterocycles. The van der Waals surface area contributed by atoms with E-state index in [-0.39, 0.29) is 5.84 Å². The zero-order valence-corrected chi connectivity index (χ0v) is 12.2. The van der Waals surface area contributed by atoms with Crippen LogP contribution in [0.3, 0.4) is 0 Å². The predicted octanol–water partition coefficient (Wildman–Crippen LogP) is 2.76. The minimum Gasteiger partial charge on any atom is -0.382 e. The summed E-state index contributed by atoms with van der Waals surface area (Å²) < 4.78 is 1.07. The van der Waals surface area contributed by atoms with Gasteiger partial charge < -0.3 is 10.6 Å². The Labute approximate surface area is 120 Å². The second-order valence-electron chi connectivity index (χ2n) is 4.28. The van der Waals surface area contributed by atoms with Gasteiger partial charge in [0, 0.05) is 18.1 Å². The average molecular weight is 319 g/mol. The van der Waals surface area contributed by atoms with Crippen LogP contribution < -0.4 is 10.6 Å². The standard InChI is InChI=1S/C14H15BrN4/c1-19(9-10-5-7-11(15)8-6-10)13-4-2-3-12(18-13)14(16)17/h2-8H,9H2,1H3,(H3,16,17). The molecule has 0 amide bonds. The maximum Gasteiger partial charge on any atom is 0.141 e. The first kappa shape index (κ1) is 13.5. The number of rotatable bonds is 4. The molecule has 0 bridgehead atoms. The molecule has 3 N–H and O–H groups in total. The second-order valence-corrected chi connectivity index (χ2v) is 5.19. The number of amidine groups is 1. The summed E-state index contributed by atoms with van der Waals surface area (Å²) in [4.78, 5) is 6.38. The van der Waals surface area contributed by atoms with Crippen molar-refractivity contribution < 1.29 is 0 Å². The highest BCUT2D eigenvalue weighted by molar-refractivity contribution is 9.10. The number of halogens is 1. The number of anilines is 1. The summed E-state index contributed by atoms with van der Waals surface area (Å²) in [5.74, 6) is 0.787. The third kappa shape index (κ3) is 3.54. The first-order valence-corrected chi connectivity index (χ1v) is 6.62. The van der Waals surface area contributed by atoms with Crippen molar-refractivity contribution in [2.24, 2.45) is 5.73 Å². The summed E-state index contributed by atoms with van der Waals surface area (Å²) >= 11 is 3.42. The lowest BCUT2D eigenvalue weighted by Crippen LogP contribution is -2.20. The topological polar surface area (TPSA) is 66.0 Å². The average Bonchev–Trinajstić information content (AvgIpc) is 2.41. The van der Waals surface area contributed by atoms with Gasteiger partial charge in [-0.1, -0.05) is 34.1 Å². The highest BCUT2D eigenvalue weighted by Crippen LogP contribution is 2.15. The molecule has 19 heavy (non-hydrogen) atoms. The van der Waals surface area contributed by atoms with Crippen LogP contribution in [0.4, 0.5) is 5.82 Å². The fraction of sp³-hybridized carbons (Fsp3) is 0.143. The molecule has 2 aromatic rings. The number of benzene rings is 1. The van der Waals surface area contributed by atoms with Crippen molar-refractivity contribution in [1.29, 1.82) is 5.41 Å². The zero-order chi connectivity index (χ0) is 13.8. The predicted molar refractivity (Wildman–Crippen MR) is 81.5 cm³/mol. The number of aromatic nitrogens is 1. The van der Waals surface area contributed by atoms with Crippen LogP contribution in [0.15, 0.2) is 46.9 Å². The van der Waals surface area contributed by atoms with Crippen LogP contribution in [0.5, 0.6) is 0 Å². The van der Waals surface area contributed by atoms with Crippen molar-refractivity contribution in [2.75, 3.05) is 11.9 Å². The second kappa shape index (κ2) is 5.84. The summed E-state index contributed by atoms with van der Waals surface area (Å²) in [5.41, 5.74) is 7.14. The molecule has 1 aromatic heterocycles. The van der Waals surface area contributed by atoms with E-state index in [2.05, 4.69) is 33.0 Å². The molecule has 0 fully saturated rings. The van der Waals surface area contributed by atoms with Gasteiger partial charge in [0.25, 0.3) is 0 Å². The van der Waals surface area contributed by atoms with E-state index in [1.54, 1.807) is 6.07 Å². The third-order valence-corrected chi connectivity index (χ3v) is 3.26. The smallest absolute Gasteiger partial charge is 0.141 e. The maximum absolute atomic E-state index is 7.41. The minimum absolute atomic E-state index is 0.0149. The van der Waals surface area contributed by atoms with Gasteiger partial charge in [0.2, 0.25) is 0 Å². The van der Waals surface area contributed by atoms with E-state index in [1.165, 1.54) is 5.56 Å². The Morgan fingerprint density at radius 1 is 1.26 bits per heavy atom. The van der Waals surface area contributed by atoms with Crippen LogP contribution in [0, 0.1) is 5.41 Å². The van der Waals surface area contributed by atoms with Gasteiger partial charge in [0.15, 0.2) is 0 Å². The van der Waals surface area contributed by atoms with Gasteiger partial charge in [-0.2, -0.15) is 0 Å². The van der Waals surface area contributed by atoms with Gasteiger partial charge in [-0.3, -0.25) is 5.41 Å². The third-order valence-electron chi connectivity index (χ3n) is 2.73. The van der Waals surface area contributed by atoms with Crippen molar-refractivity contribution in [2.45, 2.75) is 6.54 Å². The summed E-state index contributed by atoms with van der Waals surface area (Å²) in [5, 5.41) is 7.41. The molecular formula is C14H15BrN4. The fourth-order valence-corrected chi connectivity index (χ4v) is 1.99. The van der Waals surface area contributed by atoms with Crippen LogP contribution >= 0.6 is 15.9 Å². The molecule has 0 spiro atoms. The molecule has 98 valence electrons. The zero-order valence-electron chi connectivity index (χ0n) is 10.6. The quantitative estimate of drug-likeness (QED) is 0.673. The van der Waals surface area contributed by atoms with Crippen LogP contribution in [0.2, 0.25) is 0 Å². The van der Waals surface area contributed by atoms with Crippen molar-refractivity contribution in [3.63, 3.8) is 0 Å². The molecule has 0 aliphatic rings. The molecule has 0 radical (unpaired) electrons. The number of nitrogen functional groups attached to an aromatic ring is 1. The van der Waals surface area contributed by atoms with Crippen LogP contribution in [0.1, 0.15) is 11.3 Å². The summed E-state index contributed by atoms with van der Waals surface area (Å²) in [7, 11) is 1.97. The Kier molecular flexibility index (Phi) is 4.16. The highest BCUT2D eigenvalue weighted by Gasteiger charge is 2.06. The Morgan fingerprint density at radius 2 is 1.95 bits per heavy atom.